The van der Waals surface area contributed by atoms with Gasteiger partial charge in [-0.1, -0.05) is 72.3 Å². The average Bonchev–Trinajstić information content (AvgIpc) is 3.11. The average molecular weight is 717 g/mol. The zero-order valence-corrected chi connectivity index (χ0v) is 24.5. The maximum atomic E-state index is 13.2. The highest BCUT2D eigenvalue weighted by Crippen LogP contribution is 2.36. The van der Waals surface area contributed by atoms with Gasteiger partial charge in [-0.2, -0.15) is 0 Å². The Labute approximate surface area is 241 Å². The fourth-order valence-corrected chi connectivity index (χ4v) is 7.11. The molecule has 0 bridgehead atoms. The summed E-state index contributed by atoms with van der Waals surface area (Å²) < 4.78 is 8.02. The molecule has 4 aromatic rings. The molecule has 0 N–H and O–H groups in total. The van der Waals surface area contributed by atoms with Crippen LogP contribution in [0.15, 0.2) is 83.8 Å². The van der Waals surface area contributed by atoms with Crippen LogP contribution in [-0.4, -0.2) is 16.0 Å². The number of carbonyl (C=O) groups excluding carboxylic acids is 2. The van der Waals surface area contributed by atoms with Crippen LogP contribution in [-0.2, 0) is 17.9 Å². The predicted molar refractivity (Wildman–Crippen MR) is 163 cm³/mol. The molecule has 1 saturated heterocycles. The lowest BCUT2D eigenvalue weighted by atomic mass is 10.0. The molecule has 0 aromatic heterocycles. The minimum atomic E-state index is -0.261. The topological polar surface area (TPSA) is 46.6 Å². The summed E-state index contributed by atoms with van der Waals surface area (Å²) in [7, 11) is 0. The number of imide groups is 1. The lowest BCUT2D eigenvalue weighted by molar-refractivity contribution is -0.123. The van der Waals surface area contributed by atoms with Gasteiger partial charge in [-0.05, 0) is 110 Å². The molecule has 0 unspecified atom stereocenters. The molecule has 4 nitrogen and oxygen atoms in total. The van der Waals surface area contributed by atoms with Crippen LogP contribution in [0.4, 0.5) is 4.79 Å². The van der Waals surface area contributed by atoms with E-state index >= 15 is 0 Å². The molecule has 2 amide bonds. The highest BCUT2D eigenvalue weighted by molar-refractivity contribution is 14.1. The van der Waals surface area contributed by atoms with E-state index in [2.05, 4.69) is 70.3 Å². The van der Waals surface area contributed by atoms with E-state index in [4.69, 9.17) is 4.74 Å². The lowest BCUT2D eigenvalue weighted by Crippen LogP contribution is -2.27. The van der Waals surface area contributed by atoms with E-state index in [0.29, 0.717) is 11.5 Å². The van der Waals surface area contributed by atoms with E-state index in [1.54, 1.807) is 6.08 Å². The zero-order valence-electron chi connectivity index (χ0n) is 19.3. The fourth-order valence-electron chi connectivity index (χ4n) is 4.15. The molecule has 0 saturated carbocycles. The third-order valence-electron chi connectivity index (χ3n) is 5.87. The number of hydrogen-bond donors (Lipinski definition) is 0. The summed E-state index contributed by atoms with van der Waals surface area (Å²) in [5, 5.41) is 1.89. The number of hydrogen-bond acceptors (Lipinski definition) is 4. The van der Waals surface area contributed by atoms with Gasteiger partial charge in [0.15, 0.2) is 0 Å². The van der Waals surface area contributed by atoms with Crippen LogP contribution < -0.4 is 4.74 Å². The Morgan fingerprint density at radius 3 is 2.42 bits per heavy atom. The van der Waals surface area contributed by atoms with Crippen LogP contribution in [0.5, 0.6) is 5.75 Å². The van der Waals surface area contributed by atoms with Crippen molar-refractivity contribution in [3.63, 3.8) is 0 Å². The monoisotopic (exact) mass is 717 g/mol. The predicted octanol–water partition coefficient (Wildman–Crippen LogP) is 8.17. The molecule has 1 heterocycles. The van der Waals surface area contributed by atoms with Crippen molar-refractivity contribution in [1.29, 1.82) is 0 Å². The van der Waals surface area contributed by atoms with Gasteiger partial charge in [-0.25, -0.2) is 0 Å². The highest BCUT2D eigenvalue weighted by Gasteiger charge is 2.35. The number of amides is 2. The van der Waals surface area contributed by atoms with Gasteiger partial charge in [0.25, 0.3) is 11.1 Å². The van der Waals surface area contributed by atoms with Crippen molar-refractivity contribution in [2.75, 3.05) is 0 Å². The maximum Gasteiger partial charge on any atom is 0.293 e. The summed E-state index contributed by atoms with van der Waals surface area (Å²) in [5.41, 5.74) is 4.13. The molecule has 4 aromatic carbocycles. The Hall–Kier alpha value is -2.37. The second-order valence-electron chi connectivity index (χ2n) is 8.50. The first-order valence-corrected chi connectivity index (χ1v) is 14.3. The highest BCUT2D eigenvalue weighted by atomic mass is 127. The van der Waals surface area contributed by atoms with Crippen molar-refractivity contribution < 1.29 is 14.3 Å². The third-order valence-corrected chi connectivity index (χ3v) is 8.38. The largest absolute Gasteiger partial charge is 0.487 e. The lowest BCUT2D eigenvalue weighted by Gasteiger charge is -2.14. The first kappa shape index (κ1) is 25.3. The summed E-state index contributed by atoms with van der Waals surface area (Å²) in [6, 6.07) is 26.2. The Morgan fingerprint density at radius 1 is 0.917 bits per heavy atom. The number of nitrogens with zero attached hydrogens (tertiary/aromatic N) is 1. The number of fused-ring (bicyclic) bond motifs is 1. The van der Waals surface area contributed by atoms with Crippen molar-refractivity contribution in [2.24, 2.45) is 0 Å². The van der Waals surface area contributed by atoms with Crippen molar-refractivity contribution >= 4 is 84.9 Å². The van der Waals surface area contributed by atoms with Crippen molar-refractivity contribution in [3.8, 4) is 5.75 Å². The number of rotatable bonds is 6. The SMILES string of the molecule is Cc1cccc(COc2c(I)cc(/C=C3\SC(=O)N(Cc4cccc5ccccc45)C3=O)cc2I)c1. The minimum absolute atomic E-state index is 0.248. The molecule has 1 aliphatic heterocycles. The van der Waals surface area contributed by atoms with Gasteiger partial charge < -0.3 is 4.74 Å². The van der Waals surface area contributed by atoms with E-state index in [1.807, 2.05) is 60.7 Å². The number of aryl methyl sites for hydroxylation is 1. The second kappa shape index (κ2) is 10.9. The Kier molecular flexibility index (Phi) is 7.68. The maximum absolute atomic E-state index is 13.2. The van der Waals surface area contributed by atoms with Gasteiger partial charge in [0.1, 0.15) is 12.4 Å². The van der Waals surface area contributed by atoms with E-state index in [0.717, 1.165) is 52.1 Å². The van der Waals surface area contributed by atoms with Gasteiger partial charge in [-0.3, -0.25) is 14.5 Å². The number of carbonyl (C=O) groups is 2. The van der Waals surface area contributed by atoms with E-state index in [1.165, 1.54) is 10.5 Å². The standard InChI is InChI=1S/C29H21I2NO3S/c1-18-6-4-7-19(12-18)17-35-27-24(30)13-20(14-25(27)31)15-26-28(33)32(29(34)36-26)16-22-10-5-9-21-8-2-3-11-23(21)22/h2-15H,16-17H2,1H3/b26-15-. The summed E-state index contributed by atoms with van der Waals surface area (Å²) in [6.07, 6.45) is 1.79. The van der Waals surface area contributed by atoms with Crippen LogP contribution in [0.3, 0.4) is 0 Å². The molecule has 0 spiro atoms. The minimum Gasteiger partial charge on any atom is -0.487 e. The van der Waals surface area contributed by atoms with E-state index < -0.39 is 0 Å². The Morgan fingerprint density at radius 2 is 1.64 bits per heavy atom. The van der Waals surface area contributed by atoms with Crippen LogP contribution in [0, 0.1) is 14.1 Å². The summed E-state index contributed by atoms with van der Waals surface area (Å²) in [5.74, 6) is 0.557. The van der Waals surface area contributed by atoms with Gasteiger partial charge in [-0.15, -0.1) is 0 Å². The molecule has 36 heavy (non-hydrogen) atoms. The zero-order chi connectivity index (χ0) is 25.2. The van der Waals surface area contributed by atoms with Crippen LogP contribution in [0.1, 0.15) is 22.3 Å². The third kappa shape index (κ3) is 5.47. The first-order valence-electron chi connectivity index (χ1n) is 11.3. The van der Waals surface area contributed by atoms with E-state index in [9.17, 15) is 9.59 Å². The molecular formula is C29H21I2NO3S. The quantitative estimate of drug-likeness (QED) is 0.149. The molecule has 7 heteroatoms. The van der Waals surface area contributed by atoms with Crippen LogP contribution in [0.2, 0.25) is 0 Å². The van der Waals surface area contributed by atoms with Gasteiger partial charge in [0.2, 0.25) is 0 Å². The Bertz CT molecular complexity index is 1500. The molecule has 5 rings (SSSR count). The normalized spacial score (nSPS) is 14.8. The summed E-state index contributed by atoms with van der Waals surface area (Å²) in [4.78, 5) is 27.7. The van der Waals surface area contributed by atoms with Gasteiger partial charge >= 0.3 is 0 Å². The van der Waals surface area contributed by atoms with E-state index in [-0.39, 0.29) is 17.7 Å². The number of benzene rings is 4. The van der Waals surface area contributed by atoms with Crippen molar-refractivity contribution in [2.45, 2.75) is 20.1 Å². The molecule has 1 aliphatic rings. The molecule has 1 fully saturated rings. The fraction of sp³-hybridized carbons (Fsp3) is 0.103. The second-order valence-corrected chi connectivity index (χ2v) is 11.8. The van der Waals surface area contributed by atoms with Gasteiger partial charge in [0, 0.05) is 0 Å². The summed E-state index contributed by atoms with van der Waals surface area (Å²) >= 11 is 5.50. The smallest absolute Gasteiger partial charge is 0.293 e. The van der Waals surface area contributed by atoms with Crippen molar-refractivity contribution in [1.82, 2.24) is 4.90 Å². The Balaban J connectivity index is 1.34. The molecule has 0 aliphatic carbocycles. The molecular weight excluding hydrogens is 696 g/mol. The van der Waals surface area contributed by atoms with Crippen molar-refractivity contribution in [3.05, 3.63) is 113 Å². The first-order chi connectivity index (χ1) is 17.4. The molecule has 0 atom stereocenters. The van der Waals surface area contributed by atoms with Crippen LogP contribution in [0.25, 0.3) is 16.8 Å². The number of ether oxygens (including phenoxy) is 1. The van der Waals surface area contributed by atoms with Gasteiger partial charge in [0.05, 0.1) is 18.6 Å². The molecule has 180 valence electrons. The van der Waals surface area contributed by atoms with Crippen LogP contribution >= 0.6 is 56.9 Å². The molecule has 0 radical (unpaired) electrons. The summed E-state index contributed by atoms with van der Waals surface area (Å²) in [6.45, 7) is 2.81. The number of thioether (sulfide) groups is 1. The number of halogens is 2.